The van der Waals surface area contributed by atoms with E-state index in [1.54, 1.807) is 42.5 Å². The Morgan fingerprint density at radius 2 is 1.52 bits per heavy atom. The van der Waals surface area contributed by atoms with Gasteiger partial charge < -0.3 is 14.2 Å². The molecule has 0 saturated heterocycles. The Balaban J connectivity index is 1.97. The summed E-state index contributed by atoms with van der Waals surface area (Å²) in [4.78, 5) is 24.4. The normalized spacial score (nSPS) is 10.3. The predicted octanol–water partition coefficient (Wildman–Crippen LogP) is 2.96. The molecule has 0 spiro atoms. The van der Waals surface area contributed by atoms with Crippen LogP contribution < -0.4 is 25.1 Å². The van der Waals surface area contributed by atoms with Gasteiger partial charge in [-0.2, -0.15) is 0 Å². The van der Waals surface area contributed by atoms with Crippen LogP contribution in [-0.4, -0.2) is 31.6 Å². The Bertz CT molecular complexity index is 787. The van der Waals surface area contributed by atoms with Crippen LogP contribution in [0.15, 0.2) is 42.5 Å². The molecule has 0 aliphatic carbocycles. The molecule has 0 radical (unpaired) electrons. The Hall–Kier alpha value is -3.22. The molecular weight excluding hydrogens is 348 g/mol. The van der Waals surface area contributed by atoms with Gasteiger partial charge in [-0.1, -0.05) is 0 Å². The fourth-order valence-corrected chi connectivity index (χ4v) is 2.30. The maximum Gasteiger partial charge on any atom is 0.269 e. The third-order valence-electron chi connectivity index (χ3n) is 3.50. The monoisotopic (exact) mass is 372 g/mol. The van der Waals surface area contributed by atoms with Crippen LogP contribution in [0.25, 0.3) is 0 Å². The summed E-state index contributed by atoms with van der Waals surface area (Å²) < 4.78 is 16.2. The van der Waals surface area contributed by atoms with Crippen molar-refractivity contribution in [1.29, 1.82) is 0 Å². The van der Waals surface area contributed by atoms with Crippen molar-refractivity contribution in [2.24, 2.45) is 0 Å². The van der Waals surface area contributed by atoms with E-state index in [-0.39, 0.29) is 6.10 Å². The van der Waals surface area contributed by atoms with E-state index in [4.69, 9.17) is 14.2 Å². The zero-order valence-electron chi connectivity index (χ0n) is 15.9. The molecule has 7 heteroatoms. The van der Waals surface area contributed by atoms with Gasteiger partial charge in [0.2, 0.25) is 0 Å². The van der Waals surface area contributed by atoms with Gasteiger partial charge in [-0.15, -0.1) is 0 Å². The summed E-state index contributed by atoms with van der Waals surface area (Å²) in [7, 11) is 1.49. The van der Waals surface area contributed by atoms with Crippen molar-refractivity contribution in [3.05, 3.63) is 53.6 Å². The van der Waals surface area contributed by atoms with Crippen molar-refractivity contribution in [2.45, 2.75) is 26.9 Å². The van der Waals surface area contributed by atoms with Gasteiger partial charge in [0, 0.05) is 11.1 Å². The van der Waals surface area contributed by atoms with Gasteiger partial charge >= 0.3 is 0 Å². The SMILES string of the molecule is CCOc1ccc(C(=O)NNC(=O)c2ccc(OC(C)C)cc2)cc1OC. The van der Waals surface area contributed by atoms with Gasteiger partial charge in [0.15, 0.2) is 11.5 Å². The van der Waals surface area contributed by atoms with Crippen LogP contribution in [0.1, 0.15) is 41.5 Å². The predicted molar refractivity (Wildman–Crippen MR) is 101 cm³/mol. The summed E-state index contributed by atoms with van der Waals surface area (Å²) in [6.07, 6.45) is 0.0510. The molecule has 2 aromatic rings. The number of hydrogen-bond acceptors (Lipinski definition) is 5. The quantitative estimate of drug-likeness (QED) is 0.730. The summed E-state index contributed by atoms with van der Waals surface area (Å²) >= 11 is 0. The molecule has 0 aromatic heterocycles. The van der Waals surface area contributed by atoms with E-state index < -0.39 is 11.8 Å². The van der Waals surface area contributed by atoms with Gasteiger partial charge in [0.25, 0.3) is 11.8 Å². The summed E-state index contributed by atoms with van der Waals surface area (Å²) in [6, 6.07) is 11.4. The molecule has 0 unspecified atom stereocenters. The second-order valence-electron chi connectivity index (χ2n) is 5.90. The van der Waals surface area contributed by atoms with E-state index >= 15 is 0 Å². The van der Waals surface area contributed by atoms with Gasteiger partial charge in [0.1, 0.15) is 5.75 Å². The molecule has 2 aromatic carbocycles. The third kappa shape index (κ3) is 5.64. The van der Waals surface area contributed by atoms with Crippen molar-refractivity contribution >= 4 is 11.8 Å². The molecule has 144 valence electrons. The highest BCUT2D eigenvalue weighted by Gasteiger charge is 2.13. The molecular formula is C20H24N2O5. The van der Waals surface area contributed by atoms with Crippen molar-refractivity contribution in [3.63, 3.8) is 0 Å². The van der Waals surface area contributed by atoms with Gasteiger partial charge in [-0.05, 0) is 63.2 Å². The van der Waals surface area contributed by atoms with Crippen molar-refractivity contribution in [3.8, 4) is 17.2 Å². The number of carbonyl (C=O) groups excluding carboxylic acids is 2. The van der Waals surface area contributed by atoms with E-state index in [0.717, 1.165) is 0 Å². The molecule has 2 rings (SSSR count). The molecule has 7 nitrogen and oxygen atoms in total. The summed E-state index contributed by atoms with van der Waals surface area (Å²) in [5.41, 5.74) is 5.49. The molecule has 0 heterocycles. The number of hydrazine groups is 1. The lowest BCUT2D eigenvalue weighted by atomic mass is 10.2. The average molecular weight is 372 g/mol. The first-order valence-corrected chi connectivity index (χ1v) is 8.62. The minimum Gasteiger partial charge on any atom is -0.493 e. The first-order chi connectivity index (χ1) is 12.9. The molecule has 2 amide bonds. The highest BCUT2D eigenvalue weighted by atomic mass is 16.5. The number of benzene rings is 2. The Morgan fingerprint density at radius 1 is 0.926 bits per heavy atom. The Kier molecular flexibility index (Phi) is 7.05. The van der Waals surface area contributed by atoms with Crippen LogP contribution >= 0.6 is 0 Å². The van der Waals surface area contributed by atoms with E-state index in [1.807, 2.05) is 20.8 Å². The smallest absolute Gasteiger partial charge is 0.269 e. The minimum atomic E-state index is -0.468. The van der Waals surface area contributed by atoms with Gasteiger partial charge in [-0.25, -0.2) is 0 Å². The van der Waals surface area contributed by atoms with Crippen LogP contribution in [0.3, 0.4) is 0 Å². The average Bonchev–Trinajstić information content (AvgIpc) is 2.66. The highest BCUT2D eigenvalue weighted by molar-refractivity contribution is 5.99. The minimum absolute atomic E-state index is 0.0510. The second kappa shape index (κ2) is 9.47. The molecule has 0 fully saturated rings. The maximum atomic E-state index is 12.3. The van der Waals surface area contributed by atoms with E-state index in [9.17, 15) is 9.59 Å². The van der Waals surface area contributed by atoms with Crippen LogP contribution in [0.4, 0.5) is 0 Å². The van der Waals surface area contributed by atoms with E-state index in [1.165, 1.54) is 7.11 Å². The summed E-state index contributed by atoms with van der Waals surface area (Å²) in [5, 5.41) is 0. The van der Waals surface area contributed by atoms with Crippen molar-refractivity contribution in [1.82, 2.24) is 10.9 Å². The highest BCUT2D eigenvalue weighted by Crippen LogP contribution is 2.27. The van der Waals surface area contributed by atoms with Gasteiger partial charge in [0.05, 0.1) is 19.8 Å². The fraction of sp³-hybridized carbons (Fsp3) is 0.300. The topological polar surface area (TPSA) is 85.9 Å². The van der Waals surface area contributed by atoms with E-state index in [2.05, 4.69) is 10.9 Å². The number of hydrogen-bond donors (Lipinski definition) is 2. The largest absolute Gasteiger partial charge is 0.493 e. The first-order valence-electron chi connectivity index (χ1n) is 8.62. The summed E-state index contributed by atoms with van der Waals surface area (Å²) in [5.74, 6) is 0.759. The molecule has 0 bridgehead atoms. The number of ether oxygens (including phenoxy) is 3. The molecule has 2 N–H and O–H groups in total. The van der Waals surface area contributed by atoms with Gasteiger partial charge in [-0.3, -0.25) is 20.4 Å². The zero-order chi connectivity index (χ0) is 19.8. The summed E-state index contributed by atoms with van der Waals surface area (Å²) in [6.45, 7) is 6.19. The van der Waals surface area contributed by atoms with Crippen LogP contribution in [0, 0.1) is 0 Å². The number of methoxy groups -OCH3 is 1. The first kappa shape index (κ1) is 20.1. The number of amides is 2. The Morgan fingerprint density at radius 3 is 2.07 bits per heavy atom. The lowest BCUT2D eigenvalue weighted by Crippen LogP contribution is -2.41. The standard InChI is InChI=1S/C20H24N2O5/c1-5-26-17-11-8-15(12-18(17)25-4)20(24)22-21-19(23)14-6-9-16(10-7-14)27-13(2)3/h6-13H,5H2,1-4H3,(H,21,23)(H,22,24). The van der Waals surface area contributed by atoms with Crippen LogP contribution in [0.2, 0.25) is 0 Å². The number of rotatable bonds is 7. The van der Waals surface area contributed by atoms with Crippen molar-refractivity contribution in [2.75, 3.05) is 13.7 Å². The van der Waals surface area contributed by atoms with Crippen LogP contribution in [-0.2, 0) is 0 Å². The van der Waals surface area contributed by atoms with E-state index in [0.29, 0.717) is 35.0 Å². The Labute approximate surface area is 158 Å². The third-order valence-corrected chi connectivity index (χ3v) is 3.50. The van der Waals surface area contributed by atoms with Crippen molar-refractivity contribution < 1.29 is 23.8 Å². The zero-order valence-corrected chi connectivity index (χ0v) is 15.9. The molecule has 27 heavy (non-hydrogen) atoms. The fourth-order valence-electron chi connectivity index (χ4n) is 2.30. The number of carbonyl (C=O) groups is 2. The maximum absolute atomic E-state index is 12.3. The molecule has 0 aliphatic heterocycles. The lowest BCUT2D eigenvalue weighted by Gasteiger charge is -2.12. The second-order valence-corrected chi connectivity index (χ2v) is 5.90. The lowest BCUT2D eigenvalue weighted by molar-refractivity contribution is 0.0846. The molecule has 0 saturated carbocycles. The molecule has 0 aliphatic rings. The van der Waals surface area contributed by atoms with Crippen LogP contribution in [0.5, 0.6) is 17.2 Å². The molecule has 0 atom stereocenters. The number of nitrogens with one attached hydrogen (secondary N) is 2.